The van der Waals surface area contributed by atoms with Crippen LogP contribution in [0.15, 0.2) is 31.7 Å². The van der Waals surface area contributed by atoms with Crippen LogP contribution in [0.2, 0.25) is 0 Å². The summed E-state index contributed by atoms with van der Waals surface area (Å²) in [5, 5.41) is 0. The highest BCUT2D eigenvalue weighted by Crippen LogP contribution is 2.36. The molecule has 0 amide bonds. The van der Waals surface area contributed by atoms with Crippen LogP contribution in [0.4, 0.5) is 0 Å². The zero-order valence-corrected chi connectivity index (χ0v) is 23.9. The van der Waals surface area contributed by atoms with Crippen molar-refractivity contribution in [2.24, 2.45) is 0 Å². The minimum absolute atomic E-state index is 1.14. The molecule has 0 N–H and O–H groups in total. The maximum absolute atomic E-state index is 2.36. The molecule has 0 bridgehead atoms. The van der Waals surface area contributed by atoms with E-state index in [-0.39, 0.29) is 0 Å². The minimum atomic E-state index is 1.14. The molecular weight excluding hydrogens is 441 g/mol. The van der Waals surface area contributed by atoms with Gasteiger partial charge in [-0.15, -0.1) is 47.0 Å². The molecule has 0 radical (unpaired) electrons. The van der Waals surface area contributed by atoms with E-state index in [9.17, 15) is 0 Å². The van der Waals surface area contributed by atoms with Gasteiger partial charge in [-0.1, -0.05) is 27.7 Å². The van der Waals surface area contributed by atoms with Gasteiger partial charge < -0.3 is 0 Å². The molecule has 0 heterocycles. The van der Waals surface area contributed by atoms with Gasteiger partial charge in [-0.25, -0.2) is 0 Å². The number of benzene rings is 2. The van der Waals surface area contributed by atoms with E-state index in [1.54, 1.807) is 0 Å². The number of hydrogen-bond acceptors (Lipinski definition) is 4. The van der Waals surface area contributed by atoms with Crippen molar-refractivity contribution in [3.63, 3.8) is 0 Å². The van der Waals surface area contributed by atoms with E-state index >= 15 is 0 Å². The second-order valence-electron chi connectivity index (χ2n) is 7.16. The van der Waals surface area contributed by atoms with Gasteiger partial charge in [-0.2, -0.15) is 0 Å². The van der Waals surface area contributed by atoms with Gasteiger partial charge in [0.2, 0.25) is 0 Å². The second-order valence-corrected chi connectivity index (χ2v) is 10.5. The lowest BCUT2D eigenvalue weighted by molar-refractivity contribution is 0.952. The third-order valence-corrected chi connectivity index (χ3v) is 9.02. The Morgan fingerprint density at radius 1 is 0.533 bits per heavy atom. The molecule has 30 heavy (non-hydrogen) atoms. The van der Waals surface area contributed by atoms with Crippen LogP contribution in [-0.2, 0) is 25.7 Å². The van der Waals surface area contributed by atoms with Crippen LogP contribution in [0.25, 0.3) is 0 Å². The predicted molar refractivity (Wildman–Crippen MR) is 147 cm³/mol. The van der Waals surface area contributed by atoms with Gasteiger partial charge in [-0.05, 0) is 110 Å². The zero-order chi connectivity index (χ0) is 22.8. The summed E-state index contributed by atoms with van der Waals surface area (Å²) in [6.07, 6.45) is 13.3. The smallest absolute Gasteiger partial charge is 0.0147 e. The summed E-state index contributed by atoms with van der Waals surface area (Å²) < 4.78 is 0. The van der Waals surface area contributed by atoms with Crippen LogP contribution in [0, 0.1) is 13.8 Å². The summed E-state index contributed by atoms with van der Waals surface area (Å²) in [4.78, 5) is 5.88. The Kier molecular flexibility index (Phi) is 13.1. The molecule has 0 aromatic heterocycles. The lowest BCUT2D eigenvalue weighted by Gasteiger charge is -2.17. The molecule has 0 aliphatic rings. The van der Waals surface area contributed by atoms with Crippen molar-refractivity contribution >= 4 is 47.0 Å². The first-order chi connectivity index (χ1) is 14.4. The Labute approximate surface area is 203 Å². The molecule has 2 aromatic rings. The van der Waals surface area contributed by atoms with Crippen LogP contribution in [0.1, 0.15) is 61.1 Å². The molecule has 4 heteroatoms. The molecule has 168 valence electrons. The van der Waals surface area contributed by atoms with Gasteiger partial charge in [0, 0.05) is 19.6 Å². The summed E-state index contributed by atoms with van der Waals surface area (Å²) in [6.45, 7) is 13.5. The van der Waals surface area contributed by atoms with E-state index in [0.29, 0.717) is 0 Å². The molecule has 0 aliphatic carbocycles. The maximum atomic E-state index is 2.36. The molecule has 0 nitrogen and oxygen atoms in total. The Balaban J connectivity index is 0.000000300. The number of hydrogen-bond donors (Lipinski definition) is 0. The average Bonchev–Trinajstić information content (AvgIpc) is 2.77. The van der Waals surface area contributed by atoms with Gasteiger partial charge >= 0.3 is 0 Å². The van der Waals surface area contributed by atoms with Crippen LogP contribution in [-0.4, -0.2) is 25.0 Å². The molecular formula is C26H40S4. The number of aryl methyl sites for hydroxylation is 1. The summed E-state index contributed by atoms with van der Waals surface area (Å²) in [7, 11) is 0. The van der Waals surface area contributed by atoms with E-state index in [4.69, 9.17) is 0 Å². The van der Waals surface area contributed by atoms with Crippen molar-refractivity contribution < 1.29 is 0 Å². The first kappa shape index (κ1) is 27.9. The molecule has 0 saturated heterocycles. The topological polar surface area (TPSA) is 0 Å². The van der Waals surface area contributed by atoms with E-state index in [1.807, 2.05) is 47.0 Å². The number of thioether (sulfide) groups is 4. The SMILES string of the molecule is CCc1c(C)cc(SC)c(CC)c1SC.CCc1c(SC)cc(SC)c(CC)c1C. The van der Waals surface area contributed by atoms with E-state index in [0.717, 1.165) is 25.7 Å². The highest BCUT2D eigenvalue weighted by atomic mass is 32.2. The molecule has 0 atom stereocenters. The molecule has 2 rings (SSSR count). The maximum Gasteiger partial charge on any atom is 0.0147 e. The number of rotatable bonds is 8. The molecule has 0 aliphatic heterocycles. The molecule has 0 fully saturated rings. The monoisotopic (exact) mass is 480 g/mol. The molecule has 2 aromatic carbocycles. The van der Waals surface area contributed by atoms with Gasteiger partial charge in [0.15, 0.2) is 0 Å². The quantitative estimate of drug-likeness (QED) is 0.345. The summed E-state index contributed by atoms with van der Waals surface area (Å²) in [5.74, 6) is 0. The fourth-order valence-electron chi connectivity index (χ4n) is 4.13. The Morgan fingerprint density at radius 3 is 1.27 bits per heavy atom. The summed E-state index contributed by atoms with van der Waals surface area (Å²) >= 11 is 7.51. The third-order valence-electron chi connectivity index (χ3n) is 5.71. The van der Waals surface area contributed by atoms with Crippen molar-refractivity contribution in [3.05, 3.63) is 45.5 Å². The van der Waals surface area contributed by atoms with Crippen molar-refractivity contribution in [1.29, 1.82) is 0 Å². The van der Waals surface area contributed by atoms with E-state index < -0.39 is 0 Å². The summed E-state index contributed by atoms with van der Waals surface area (Å²) in [6, 6.07) is 4.71. The Morgan fingerprint density at radius 2 is 0.933 bits per heavy atom. The first-order valence-corrected chi connectivity index (χ1v) is 15.7. The average molecular weight is 481 g/mol. The van der Waals surface area contributed by atoms with Gasteiger partial charge in [0.1, 0.15) is 0 Å². The van der Waals surface area contributed by atoms with Crippen LogP contribution in [0.5, 0.6) is 0 Å². The molecule has 0 unspecified atom stereocenters. The lowest BCUT2D eigenvalue weighted by atomic mass is 9.99. The van der Waals surface area contributed by atoms with Crippen molar-refractivity contribution in [2.45, 2.75) is 86.8 Å². The van der Waals surface area contributed by atoms with Crippen LogP contribution < -0.4 is 0 Å². The van der Waals surface area contributed by atoms with Crippen molar-refractivity contribution in [2.75, 3.05) is 25.0 Å². The second kappa shape index (κ2) is 14.1. The van der Waals surface area contributed by atoms with E-state index in [1.165, 1.54) is 53.0 Å². The fraction of sp³-hybridized carbons (Fsp3) is 0.538. The van der Waals surface area contributed by atoms with Gasteiger partial charge in [0.25, 0.3) is 0 Å². The normalized spacial score (nSPS) is 10.7. The van der Waals surface area contributed by atoms with Crippen molar-refractivity contribution in [1.82, 2.24) is 0 Å². The molecule has 0 spiro atoms. The zero-order valence-electron chi connectivity index (χ0n) is 20.6. The molecule has 0 saturated carbocycles. The first-order valence-electron chi connectivity index (χ1n) is 10.8. The van der Waals surface area contributed by atoms with Crippen molar-refractivity contribution in [3.8, 4) is 0 Å². The summed E-state index contributed by atoms with van der Waals surface area (Å²) in [5.41, 5.74) is 9.11. The lowest BCUT2D eigenvalue weighted by Crippen LogP contribution is -1.98. The standard InChI is InChI=1S/2C13H20S2/c1-6-10-9(3)11(7-2)13(15-5)8-12(10)14-4;1-6-10-9(3)8-12(14-4)11(7-2)13(10)15-5/h2*8H,6-7H2,1-5H3. The highest BCUT2D eigenvalue weighted by Gasteiger charge is 2.13. The van der Waals surface area contributed by atoms with Crippen LogP contribution in [0.3, 0.4) is 0 Å². The van der Waals surface area contributed by atoms with Gasteiger partial charge in [-0.3, -0.25) is 0 Å². The van der Waals surface area contributed by atoms with Gasteiger partial charge in [0.05, 0.1) is 0 Å². The van der Waals surface area contributed by atoms with E-state index in [2.05, 4.69) is 78.7 Å². The predicted octanol–water partition coefficient (Wildman–Crippen LogP) is 9.13. The third kappa shape index (κ3) is 6.43. The largest absolute Gasteiger partial charge is 0.129 e. The Bertz CT molecular complexity index is 789. The van der Waals surface area contributed by atoms with Crippen LogP contribution >= 0.6 is 47.0 Å². The fourth-order valence-corrected chi connectivity index (χ4v) is 7.67. The minimum Gasteiger partial charge on any atom is -0.129 e. The highest BCUT2D eigenvalue weighted by molar-refractivity contribution is 7.99. The Hall–Kier alpha value is -0.160.